The molecule has 36 heavy (non-hydrogen) atoms. The van der Waals surface area contributed by atoms with Gasteiger partial charge in [-0.15, -0.1) is 0 Å². The topological polar surface area (TPSA) is 74.8 Å². The van der Waals surface area contributed by atoms with Crippen LogP contribution in [0.25, 0.3) is 10.9 Å². The molecule has 6 rings (SSSR count). The van der Waals surface area contributed by atoms with Gasteiger partial charge in [-0.25, -0.2) is 4.79 Å². The monoisotopic (exact) mass is 488 g/mol. The van der Waals surface area contributed by atoms with Gasteiger partial charge in [-0.2, -0.15) is 0 Å². The van der Waals surface area contributed by atoms with E-state index in [4.69, 9.17) is 9.47 Å². The molecule has 6 heteroatoms. The Balaban J connectivity index is 1.44. The van der Waals surface area contributed by atoms with Gasteiger partial charge in [0.15, 0.2) is 0 Å². The zero-order valence-electron chi connectivity index (χ0n) is 21.4. The third-order valence-electron chi connectivity index (χ3n) is 8.90. The number of carboxylic acids is 1. The summed E-state index contributed by atoms with van der Waals surface area (Å²) >= 11 is 0. The van der Waals surface area contributed by atoms with Gasteiger partial charge in [-0.1, -0.05) is 6.07 Å². The van der Waals surface area contributed by atoms with Crippen molar-refractivity contribution in [2.45, 2.75) is 76.5 Å². The number of rotatable bonds is 5. The van der Waals surface area contributed by atoms with E-state index in [1.165, 1.54) is 27.6 Å². The Morgan fingerprint density at radius 1 is 1.19 bits per heavy atom. The summed E-state index contributed by atoms with van der Waals surface area (Å²) in [6.07, 6.45) is 10.2. The second kappa shape index (κ2) is 9.24. The van der Waals surface area contributed by atoms with Crippen LogP contribution in [0.5, 0.6) is 5.75 Å². The number of aryl methyl sites for hydroxylation is 1. The maximum Gasteiger partial charge on any atom is 0.335 e. The lowest BCUT2D eigenvalue weighted by molar-refractivity contribution is -0.0678. The number of nitrogens with zero attached hydrogens (tertiary/aromatic N) is 1. The van der Waals surface area contributed by atoms with Crippen molar-refractivity contribution in [1.82, 2.24) is 9.88 Å². The number of likely N-dealkylation sites (tertiary alicyclic amines) is 1. The molecule has 0 radical (unpaired) electrons. The molecule has 1 aliphatic carbocycles. The predicted molar refractivity (Wildman–Crippen MR) is 140 cm³/mol. The minimum absolute atomic E-state index is 0.0606. The predicted octanol–water partition coefficient (Wildman–Crippen LogP) is 5.95. The highest BCUT2D eigenvalue weighted by Gasteiger charge is 2.44. The van der Waals surface area contributed by atoms with Crippen molar-refractivity contribution in [3.05, 3.63) is 63.8 Å². The molecule has 2 atom stereocenters. The van der Waals surface area contributed by atoms with Crippen LogP contribution < -0.4 is 4.74 Å². The van der Waals surface area contributed by atoms with Gasteiger partial charge in [0.25, 0.3) is 0 Å². The van der Waals surface area contributed by atoms with Crippen LogP contribution in [0, 0.1) is 6.92 Å². The van der Waals surface area contributed by atoms with Gasteiger partial charge >= 0.3 is 5.97 Å². The third-order valence-corrected chi connectivity index (χ3v) is 8.90. The fraction of sp³-hybridized carbons (Fsp3) is 0.500. The maximum atomic E-state index is 12.0. The van der Waals surface area contributed by atoms with Gasteiger partial charge in [0, 0.05) is 48.4 Å². The summed E-state index contributed by atoms with van der Waals surface area (Å²) in [5, 5.41) is 11.1. The number of fused-ring (bicyclic) bond motifs is 2. The summed E-state index contributed by atoms with van der Waals surface area (Å²) in [6.45, 7) is 4.70. The largest absolute Gasteiger partial charge is 0.496 e. The third kappa shape index (κ3) is 3.91. The average molecular weight is 489 g/mol. The first-order valence-corrected chi connectivity index (χ1v) is 13.4. The van der Waals surface area contributed by atoms with Gasteiger partial charge in [0.05, 0.1) is 18.3 Å². The first-order valence-electron chi connectivity index (χ1n) is 13.4. The van der Waals surface area contributed by atoms with E-state index >= 15 is 0 Å². The van der Waals surface area contributed by atoms with E-state index in [1.54, 1.807) is 7.11 Å². The van der Waals surface area contributed by atoms with Crippen LogP contribution in [0.1, 0.15) is 82.7 Å². The molecule has 2 fully saturated rings. The minimum Gasteiger partial charge on any atom is -0.496 e. The van der Waals surface area contributed by atoms with Gasteiger partial charge < -0.3 is 19.6 Å². The van der Waals surface area contributed by atoms with Crippen molar-refractivity contribution in [2.75, 3.05) is 20.3 Å². The van der Waals surface area contributed by atoms with Crippen molar-refractivity contribution < 1.29 is 19.4 Å². The number of methoxy groups -OCH3 is 1. The quantitative estimate of drug-likeness (QED) is 0.464. The van der Waals surface area contributed by atoms with Gasteiger partial charge in [0.2, 0.25) is 0 Å². The second-order valence-electron chi connectivity index (χ2n) is 10.9. The molecule has 3 aliphatic rings. The maximum absolute atomic E-state index is 12.0. The Hall–Kier alpha value is -2.83. The first kappa shape index (κ1) is 23.6. The minimum atomic E-state index is -0.810. The van der Waals surface area contributed by atoms with E-state index in [0.717, 1.165) is 87.9 Å². The molecule has 3 heterocycles. The number of hydrogen-bond acceptors (Lipinski definition) is 4. The SMILES string of the molecule is COc1cc(C)c2[nH]ccc2c1CN1CCC2(CCCO2)C[C@H]1c1ccc(C(=O)O)c2c1CCCC2. The highest BCUT2D eigenvalue weighted by atomic mass is 16.5. The number of aromatic nitrogens is 1. The summed E-state index contributed by atoms with van der Waals surface area (Å²) < 4.78 is 12.3. The Labute approximate surface area is 212 Å². The molecular weight excluding hydrogens is 452 g/mol. The number of H-pyrrole nitrogens is 1. The number of carboxylic acid groups (broad SMARTS) is 1. The molecule has 1 aromatic heterocycles. The molecule has 2 saturated heterocycles. The fourth-order valence-corrected chi connectivity index (χ4v) is 7.09. The Morgan fingerprint density at radius 3 is 2.78 bits per heavy atom. The van der Waals surface area contributed by atoms with Crippen LogP contribution in [-0.2, 0) is 24.1 Å². The van der Waals surface area contributed by atoms with Crippen LogP contribution in [0.15, 0.2) is 30.5 Å². The van der Waals surface area contributed by atoms with Crippen LogP contribution in [-0.4, -0.2) is 46.8 Å². The van der Waals surface area contributed by atoms with Crippen LogP contribution in [0.4, 0.5) is 0 Å². The lowest BCUT2D eigenvalue weighted by atomic mass is 9.77. The second-order valence-corrected chi connectivity index (χ2v) is 10.9. The number of hydrogen-bond donors (Lipinski definition) is 2. The van der Waals surface area contributed by atoms with E-state index in [1.807, 2.05) is 12.3 Å². The number of aromatic carboxylic acids is 1. The number of benzene rings is 2. The Morgan fingerprint density at radius 2 is 2.03 bits per heavy atom. The molecular formula is C30H36N2O4. The number of aromatic amines is 1. The molecule has 190 valence electrons. The van der Waals surface area contributed by atoms with E-state index in [-0.39, 0.29) is 11.6 Å². The normalized spacial score (nSPS) is 24.3. The first-order chi connectivity index (χ1) is 17.5. The van der Waals surface area contributed by atoms with Crippen molar-refractivity contribution >= 4 is 16.9 Å². The molecule has 2 aliphatic heterocycles. The van der Waals surface area contributed by atoms with Gasteiger partial charge in [-0.05, 0) is 98.7 Å². The summed E-state index contributed by atoms with van der Waals surface area (Å²) in [4.78, 5) is 18.0. The van der Waals surface area contributed by atoms with Crippen LogP contribution in [0.3, 0.4) is 0 Å². The van der Waals surface area contributed by atoms with Gasteiger partial charge in [-0.3, -0.25) is 4.90 Å². The average Bonchev–Trinajstić information content (AvgIpc) is 3.56. The fourth-order valence-electron chi connectivity index (χ4n) is 7.09. The highest BCUT2D eigenvalue weighted by molar-refractivity contribution is 5.90. The molecule has 3 aromatic rings. The smallest absolute Gasteiger partial charge is 0.335 e. The Bertz CT molecular complexity index is 1300. The number of ether oxygens (including phenoxy) is 2. The van der Waals surface area contributed by atoms with E-state index in [2.05, 4.69) is 35.0 Å². The van der Waals surface area contributed by atoms with E-state index in [9.17, 15) is 9.90 Å². The molecule has 2 aromatic carbocycles. The van der Waals surface area contributed by atoms with Crippen molar-refractivity contribution in [1.29, 1.82) is 0 Å². The summed E-state index contributed by atoms with van der Waals surface area (Å²) in [6, 6.07) is 8.44. The number of nitrogens with one attached hydrogen (secondary N) is 1. The Kier molecular flexibility index (Phi) is 6.05. The van der Waals surface area contributed by atoms with Gasteiger partial charge in [0.1, 0.15) is 5.75 Å². The molecule has 0 bridgehead atoms. The molecule has 1 unspecified atom stereocenters. The molecule has 0 saturated carbocycles. The van der Waals surface area contributed by atoms with Crippen LogP contribution >= 0.6 is 0 Å². The van der Waals surface area contributed by atoms with Crippen molar-refractivity contribution in [2.24, 2.45) is 0 Å². The summed E-state index contributed by atoms with van der Waals surface area (Å²) in [5.74, 6) is 0.119. The molecule has 2 N–H and O–H groups in total. The zero-order chi connectivity index (χ0) is 24.9. The zero-order valence-corrected chi connectivity index (χ0v) is 21.4. The summed E-state index contributed by atoms with van der Waals surface area (Å²) in [5.41, 5.74) is 7.62. The summed E-state index contributed by atoms with van der Waals surface area (Å²) in [7, 11) is 1.76. The van der Waals surface area contributed by atoms with Crippen molar-refractivity contribution in [3.63, 3.8) is 0 Å². The number of carbonyl (C=O) groups is 1. The van der Waals surface area contributed by atoms with Crippen LogP contribution in [0.2, 0.25) is 0 Å². The lowest BCUT2D eigenvalue weighted by Gasteiger charge is -2.46. The molecule has 1 spiro atoms. The standard InChI is InChI=1S/C30H36N2O4/c1-19-16-27(35-2)25(23-10-13-31-28(19)23)18-32-14-12-30(11-5-15-36-30)17-26(32)22-8-9-24(29(33)34)21-7-4-3-6-20(21)22/h8-10,13,16,26,31H,3-7,11-12,14-15,17-18H2,1-2H3,(H,33,34)/t26-,30?/m0/s1. The highest BCUT2D eigenvalue weighted by Crippen LogP contribution is 2.47. The lowest BCUT2D eigenvalue weighted by Crippen LogP contribution is -2.46. The van der Waals surface area contributed by atoms with E-state index < -0.39 is 5.97 Å². The van der Waals surface area contributed by atoms with Crippen molar-refractivity contribution in [3.8, 4) is 5.75 Å². The molecule has 0 amide bonds. The van der Waals surface area contributed by atoms with E-state index in [0.29, 0.717) is 5.56 Å². The number of piperidine rings is 1. The molecule has 6 nitrogen and oxygen atoms in total.